The average Bonchev–Trinajstić information content (AvgIpc) is 2.54. The van der Waals surface area contributed by atoms with Crippen LogP contribution in [0.1, 0.15) is 28.8 Å². The molecule has 0 spiro atoms. The van der Waals surface area contributed by atoms with Gasteiger partial charge in [0.2, 0.25) is 11.8 Å². The minimum absolute atomic E-state index is 0.0873. The van der Waals surface area contributed by atoms with Gasteiger partial charge in [0.15, 0.2) is 0 Å². The van der Waals surface area contributed by atoms with Crippen molar-refractivity contribution in [1.29, 1.82) is 0 Å². The molecule has 2 N–H and O–H groups in total. The molecule has 1 fully saturated rings. The second-order valence-corrected chi connectivity index (χ2v) is 5.01. The Bertz CT molecular complexity index is 728. The van der Waals surface area contributed by atoms with Gasteiger partial charge < -0.3 is 10.1 Å². The average molecular weight is 333 g/mol. The molecule has 0 aromatic heterocycles. The molecule has 0 saturated carbocycles. The second kappa shape index (κ2) is 7.36. The van der Waals surface area contributed by atoms with Gasteiger partial charge in [-0.05, 0) is 18.1 Å². The molecule has 1 aliphatic heterocycles. The Balaban J connectivity index is 2.33. The maximum absolute atomic E-state index is 12.5. The van der Waals surface area contributed by atoms with Gasteiger partial charge in [-0.15, -0.1) is 0 Å². The van der Waals surface area contributed by atoms with E-state index in [-0.39, 0.29) is 24.0 Å². The molecular formula is C15H15N3O6. The number of nitrogens with one attached hydrogen (secondary N) is 2. The Hall–Kier alpha value is -3.23. The van der Waals surface area contributed by atoms with Gasteiger partial charge in [-0.3, -0.25) is 29.8 Å². The maximum atomic E-state index is 12.5. The second-order valence-electron chi connectivity index (χ2n) is 5.01. The summed E-state index contributed by atoms with van der Waals surface area (Å²) in [5, 5.41) is 15.7. The summed E-state index contributed by atoms with van der Waals surface area (Å²) in [5.74, 6) is -1.82. The molecule has 9 heteroatoms. The van der Waals surface area contributed by atoms with Crippen LogP contribution in [0, 0.1) is 10.1 Å². The molecule has 2 rings (SSSR count). The summed E-state index contributed by atoms with van der Waals surface area (Å²) in [4.78, 5) is 45.9. The Labute approximate surface area is 136 Å². The SMILES string of the molecule is CO/C=C/c1cccc([N+](=O)[O-])c1C(=O)NC1CCC(=O)NC1=O. The fourth-order valence-electron chi connectivity index (χ4n) is 2.30. The lowest BCUT2D eigenvalue weighted by molar-refractivity contribution is -0.385. The molecule has 1 saturated heterocycles. The Morgan fingerprint density at radius 3 is 2.83 bits per heavy atom. The fourth-order valence-corrected chi connectivity index (χ4v) is 2.30. The van der Waals surface area contributed by atoms with Crippen LogP contribution >= 0.6 is 0 Å². The molecule has 1 aromatic rings. The van der Waals surface area contributed by atoms with E-state index in [1.165, 1.54) is 37.6 Å². The lowest BCUT2D eigenvalue weighted by Crippen LogP contribution is -2.52. The smallest absolute Gasteiger partial charge is 0.282 e. The standard InChI is InChI=1S/C15H15N3O6/c1-24-8-7-9-3-2-4-11(18(22)23)13(9)15(21)16-10-5-6-12(19)17-14(10)20/h2-4,7-8,10H,5-6H2,1H3,(H,16,21)(H,17,19,20)/b8-7+. The third-order valence-corrected chi connectivity index (χ3v) is 3.43. The lowest BCUT2D eigenvalue weighted by atomic mass is 10.0. The van der Waals surface area contributed by atoms with Gasteiger partial charge in [-0.1, -0.05) is 12.1 Å². The molecule has 1 aliphatic rings. The summed E-state index contributed by atoms with van der Waals surface area (Å²) in [6.45, 7) is 0. The summed E-state index contributed by atoms with van der Waals surface area (Å²) in [6.07, 6.45) is 2.92. The number of piperidine rings is 1. The van der Waals surface area contributed by atoms with Crippen molar-refractivity contribution < 1.29 is 24.0 Å². The maximum Gasteiger partial charge on any atom is 0.282 e. The van der Waals surface area contributed by atoms with Crippen LogP contribution in [0.4, 0.5) is 5.69 Å². The highest BCUT2D eigenvalue weighted by atomic mass is 16.6. The Morgan fingerprint density at radius 1 is 1.46 bits per heavy atom. The number of benzene rings is 1. The molecule has 0 bridgehead atoms. The highest BCUT2D eigenvalue weighted by molar-refractivity contribution is 6.06. The molecular weight excluding hydrogens is 318 g/mol. The van der Waals surface area contributed by atoms with Crippen LogP contribution in [0.5, 0.6) is 0 Å². The molecule has 0 aliphatic carbocycles. The van der Waals surface area contributed by atoms with Crippen molar-refractivity contribution in [3.05, 3.63) is 45.7 Å². The summed E-state index contributed by atoms with van der Waals surface area (Å²) in [5.41, 5.74) is -0.297. The van der Waals surface area contributed by atoms with Gasteiger partial charge in [-0.25, -0.2) is 0 Å². The van der Waals surface area contributed by atoms with E-state index in [1.807, 2.05) is 0 Å². The van der Waals surface area contributed by atoms with Gasteiger partial charge in [0, 0.05) is 12.5 Å². The highest BCUT2D eigenvalue weighted by Crippen LogP contribution is 2.24. The van der Waals surface area contributed by atoms with Crippen molar-refractivity contribution in [2.24, 2.45) is 0 Å². The van der Waals surface area contributed by atoms with E-state index in [0.29, 0.717) is 0 Å². The van der Waals surface area contributed by atoms with Crippen LogP contribution in [0.15, 0.2) is 24.5 Å². The highest BCUT2D eigenvalue weighted by Gasteiger charge is 2.31. The molecule has 1 aromatic carbocycles. The number of ether oxygens (including phenoxy) is 1. The zero-order chi connectivity index (χ0) is 17.7. The number of nitro groups is 1. The van der Waals surface area contributed by atoms with E-state index in [1.54, 1.807) is 0 Å². The summed E-state index contributed by atoms with van der Waals surface area (Å²) in [6, 6.07) is 3.23. The van der Waals surface area contributed by atoms with Crippen LogP contribution in [0.2, 0.25) is 0 Å². The van der Waals surface area contributed by atoms with Crippen LogP contribution in [-0.2, 0) is 14.3 Å². The Morgan fingerprint density at radius 2 is 2.21 bits per heavy atom. The minimum Gasteiger partial charge on any atom is -0.504 e. The topological polar surface area (TPSA) is 128 Å². The first kappa shape index (κ1) is 17.1. The number of hydrogen-bond acceptors (Lipinski definition) is 6. The molecule has 1 unspecified atom stereocenters. The number of hydrogen-bond donors (Lipinski definition) is 2. The van der Waals surface area contributed by atoms with Gasteiger partial charge >= 0.3 is 0 Å². The fraction of sp³-hybridized carbons (Fsp3) is 0.267. The zero-order valence-electron chi connectivity index (χ0n) is 12.8. The van der Waals surface area contributed by atoms with E-state index >= 15 is 0 Å². The van der Waals surface area contributed by atoms with Gasteiger partial charge in [0.25, 0.3) is 11.6 Å². The van der Waals surface area contributed by atoms with E-state index in [0.717, 1.165) is 0 Å². The number of methoxy groups -OCH3 is 1. The molecule has 1 atom stereocenters. The van der Waals surface area contributed by atoms with E-state index in [4.69, 9.17) is 4.74 Å². The minimum atomic E-state index is -0.922. The summed E-state index contributed by atoms with van der Waals surface area (Å²) >= 11 is 0. The zero-order valence-corrected chi connectivity index (χ0v) is 12.8. The largest absolute Gasteiger partial charge is 0.504 e. The predicted octanol–water partition coefficient (Wildman–Crippen LogP) is 0.747. The van der Waals surface area contributed by atoms with Crippen LogP contribution in [0.3, 0.4) is 0 Å². The molecule has 9 nitrogen and oxygen atoms in total. The number of carbonyl (C=O) groups excluding carboxylic acids is 3. The van der Waals surface area contributed by atoms with E-state index < -0.39 is 34.4 Å². The van der Waals surface area contributed by atoms with Crippen LogP contribution in [-0.4, -0.2) is 35.8 Å². The molecule has 1 heterocycles. The number of nitro benzene ring substituents is 1. The lowest BCUT2D eigenvalue weighted by Gasteiger charge is -2.22. The predicted molar refractivity (Wildman–Crippen MR) is 82.8 cm³/mol. The summed E-state index contributed by atoms with van der Waals surface area (Å²) < 4.78 is 4.78. The number of rotatable bonds is 5. The first-order chi connectivity index (χ1) is 11.4. The van der Waals surface area contributed by atoms with Crippen molar-refractivity contribution in [3.8, 4) is 0 Å². The molecule has 24 heavy (non-hydrogen) atoms. The summed E-state index contributed by atoms with van der Waals surface area (Å²) in [7, 11) is 1.40. The monoisotopic (exact) mass is 333 g/mol. The van der Waals surface area contributed by atoms with E-state index in [2.05, 4.69) is 10.6 Å². The number of imide groups is 1. The van der Waals surface area contributed by atoms with Gasteiger partial charge in [0.05, 0.1) is 18.3 Å². The third-order valence-electron chi connectivity index (χ3n) is 3.43. The first-order valence-electron chi connectivity index (χ1n) is 7.05. The Kier molecular flexibility index (Phi) is 5.25. The number of amides is 3. The van der Waals surface area contributed by atoms with Crippen molar-refractivity contribution in [2.75, 3.05) is 7.11 Å². The van der Waals surface area contributed by atoms with Crippen molar-refractivity contribution in [3.63, 3.8) is 0 Å². The molecule has 126 valence electrons. The van der Waals surface area contributed by atoms with Crippen LogP contribution < -0.4 is 10.6 Å². The molecule has 3 amide bonds. The van der Waals surface area contributed by atoms with Crippen molar-refractivity contribution >= 4 is 29.5 Å². The number of carbonyl (C=O) groups is 3. The van der Waals surface area contributed by atoms with Crippen molar-refractivity contribution in [1.82, 2.24) is 10.6 Å². The first-order valence-corrected chi connectivity index (χ1v) is 7.05. The van der Waals surface area contributed by atoms with Gasteiger partial charge in [-0.2, -0.15) is 0 Å². The van der Waals surface area contributed by atoms with E-state index in [9.17, 15) is 24.5 Å². The van der Waals surface area contributed by atoms with Crippen molar-refractivity contribution in [2.45, 2.75) is 18.9 Å². The number of nitrogens with zero attached hydrogens (tertiary/aromatic N) is 1. The third kappa shape index (κ3) is 3.75. The normalized spacial score (nSPS) is 17.5. The quantitative estimate of drug-likeness (QED) is 0.354. The molecule has 0 radical (unpaired) electrons. The van der Waals surface area contributed by atoms with Gasteiger partial charge in [0.1, 0.15) is 11.6 Å². The van der Waals surface area contributed by atoms with Crippen LogP contribution in [0.25, 0.3) is 6.08 Å².